The molecule has 1 amide bonds. The van der Waals surface area contributed by atoms with E-state index in [1.807, 2.05) is 0 Å². The predicted octanol–water partition coefficient (Wildman–Crippen LogP) is 4.22. The van der Waals surface area contributed by atoms with Crippen molar-refractivity contribution in [3.63, 3.8) is 0 Å². The summed E-state index contributed by atoms with van der Waals surface area (Å²) in [5.74, 6) is -3.39. The topological polar surface area (TPSA) is 46.2 Å². The lowest BCUT2D eigenvalue weighted by Gasteiger charge is -2.10. The Morgan fingerprint density at radius 1 is 0.958 bits per heavy atom. The zero-order chi connectivity index (χ0) is 17.7. The maximum Gasteiger partial charge on any atom is 0.471 e. The van der Waals surface area contributed by atoms with Crippen LogP contribution in [0.3, 0.4) is 0 Å². The minimum atomic E-state index is -5.07. The Morgan fingerprint density at radius 3 is 2.25 bits per heavy atom. The van der Waals surface area contributed by atoms with Gasteiger partial charge in [-0.1, -0.05) is 30.3 Å². The Bertz CT molecular complexity index is 797. The summed E-state index contributed by atoms with van der Waals surface area (Å²) in [6, 6.07) is 11.0. The molecule has 0 saturated heterocycles. The molecule has 2 aromatic rings. The van der Waals surface area contributed by atoms with Crippen LogP contribution in [-0.2, 0) is 4.79 Å². The van der Waals surface area contributed by atoms with Crippen molar-refractivity contribution < 1.29 is 27.2 Å². The van der Waals surface area contributed by atoms with E-state index in [2.05, 4.69) is 0 Å². The Balaban J connectivity index is 2.24. The number of anilines is 1. The summed E-state index contributed by atoms with van der Waals surface area (Å²) in [6.45, 7) is 0. The average Bonchev–Trinajstić information content (AvgIpc) is 2.53. The minimum Gasteiger partial charge on any atom is -0.318 e. The van der Waals surface area contributed by atoms with Gasteiger partial charge in [-0.15, -0.1) is 0 Å². The van der Waals surface area contributed by atoms with Gasteiger partial charge >= 0.3 is 12.1 Å². The van der Waals surface area contributed by atoms with Crippen LogP contribution in [0.1, 0.15) is 15.9 Å². The van der Waals surface area contributed by atoms with Crippen molar-refractivity contribution in [2.24, 2.45) is 0 Å². The van der Waals surface area contributed by atoms with Gasteiger partial charge in [0.05, 0.1) is 5.69 Å². The Labute approximate surface area is 134 Å². The number of carbonyl (C=O) groups is 2. The molecule has 3 nitrogen and oxygen atoms in total. The zero-order valence-corrected chi connectivity index (χ0v) is 12.1. The van der Waals surface area contributed by atoms with Crippen LogP contribution in [0.4, 0.5) is 23.2 Å². The lowest BCUT2D eigenvalue weighted by atomic mass is 10.1. The van der Waals surface area contributed by atoms with Gasteiger partial charge in [0.25, 0.3) is 0 Å². The quantitative estimate of drug-likeness (QED) is 0.516. The van der Waals surface area contributed by atoms with Gasteiger partial charge in [0, 0.05) is 11.1 Å². The first-order valence-corrected chi connectivity index (χ1v) is 6.73. The number of para-hydroxylation sites is 1. The number of ketones is 1. The molecule has 0 heterocycles. The van der Waals surface area contributed by atoms with Gasteiger partial charge in [-0.2, -0.15) is 13.2 Å². The second-order valence-electron chi connectivity index (χ2n) is 4.72. The highest BCUT2D eigenvalue weighted by atomic mass is 19.4. The first kappa shape index (κ1) is 17.4. The minimum absolute atomic E-state index is 0.136. The van der Waals surface area contributed by atoms with Crippen molar-refractivity contribution in [1.29, 1.82) is 0 Å². The zero-order valence-electron chi connectivity index (χ0n) is 12.1. The SMILES string of the molecule is O=C(/C=C/c1ccccc1F)c1ccccc1NC(=O)C(F)(F)F. The highest BCUT2D eigenvalue weighted by molar-refractivity contribution is 6.12. The van der Waals surface area contributed by atoms with E-state index in [1.54, 1.807) is 11.4 Å². The third-order valence-electron chi connectivity index (χ3n) is 3.02. The van der Waals surface area contributed by atoms with Crippen LogP contribution < -0.4 is 5.32 Å². The molecule has 0 radical (unpaired) electrons. The largest absolute Gasteiger partial charge is 0.471 e. The fraction of sp³-hybridized carbons (Fsp3) is 0.0588. The van der Waals surface area contributed by atoms with Gasteiger partial charge in [0.15, 0.2) is 5.78 Å². The van der Waals surface area contributed by atoms with Gasteiger partial charge in [-0.25, -0.2) is 4.39 Å². The van der Waals surface area contributed by atoms with E-state index in [-0.39, 0.29) is 16.8 Å². The number of benzene rings is 2. The molecule has 2 aromatic carbocycles. The number of allylic oxidation sites excluding steroid dienone is 1. The molecule has 0 aliphatic heterocycles. The normalized spacial score (nSPS) is 11.5. The summed E-state index contributed by atoms with van der Waals surface area (Å²) in [4.78, 5) is 23.2. The second-order valence-corrected chi connectivity index (χ2v) is 4.72. The van der Waals surface area contributed by atoms with Crippen LogP contribution in [0.15, 0.2) is 54.6 Å². The molecular weight excluding hydrogens is 326 g/mol. The average molecular weight is 337 g/mol. The van der Waals surface area contributed by atoms with Crippen LogP contribution in [0.2, 0.25) is 0 Å². The predicted molar refractivity (Wildman–Crippen MR) is 80.9 cm³/mol. The summed E-state index contributed by atoms with van der Waals surface area (Å²) in [7, 11) is 0. The summed E-state index contributed by atoms with van der Waals surface area (Å²) < 4.78 is 50.5. The Morgan fingerprint density at radius 2 is 1.58 bits per heavy atom. The van der Waals surface area contributed by atoms with E-state index in [1.165, 1.54) is 48.5 Å². The first-order valence-electron chi connectivity index (χ1n) is 6.73. The van der Waals surface area contributed by atoms with E-state index in [0.29, 0.717) is 0 Å². The smallest absolute Gasteiger partial charge is 0.318 e. The Kier molecular flexibility index (Phi) is 5.13. The van der Waals surface area contributed by atoms with E-state index >= 15 is 0 Å². The highest BCUT2D eigenvalue weighted by Crippen LogP contribution is 2.22. The van der Waals surface area contributed by atoms with Gasteiger partial charge in [-0.05, 0) is 30.4 Å². The molecule has 0 atom stereocenters. The van der Waals surface area contributed by atoms with Crippen molar-refractivity contribution in [3.05, 3.63) is 71.6 Å². The molecule has 0 unspecified atom stereocenters. The number of alkyl halides is 3. The lowest BCUT2D eigenvalue weighted by Crippen LogP contribution is -2.30. The summed E-state index contributed by atoms with van der Waals surface area (Å²) in [5.41, 5.74) is -0.256. The molecule has 2 rings (SSSR count). The van der Waals surface area contributed by atoms with Gasteiger partial charge in [0.1, 0.15) is 5.82 Å². The van der Waals surface area contributed by atoms with Crippen LogP contribution in [0.5, 0.6) is 0 Å². The molecule has 0 bridgehead atoms. The van der Waals surface area contributed by atoms with E-state index in [0.717, 1.165) is 6.08 Å². The molecule has 0 fully saturated rings. The molecule has 124 valence electrons. The summed E-state index contributed by atoms with van der Waals surface area (Å²) >= 11 is 0. The number of carbonyl (C=O) groups excluding carboxylic acids is 2. The van der Waals surface area contributed by atoms with Crippen molar-refractivity contribution in [3.8, 4) is 0 Å². The van der Waals surface area contributed by atoms with E-state index in [4.69, 9.17) is 0 Å². The monoisotopic (exact) mass is 337 g/mol. The maximum atomic E-state index is 13.5. The number of amides is 1. The standard InChI is InChI=1S/C17H11F4NO2/c18-13-7-3-1-5-11(13)9-10-15(23)12-6-2-4-8-14(12)22-16(24)17(19,20)21/h1-10H,(H,22,24)/b10-9+. The van der Waals surface area contributed by atoms with E-state index in [9.17, 15) is 27.2 Å². The van der Waals surface area contributed by atoms with Crippen molar-refractivity contribution in [2.75, 3.05) is 5.32 Å². The Hall–Kier alpha value is -2.96. The van der Waals surface area contributed by atoms with Crippen LogP contribution in [0.25, 0.3) is 6.08 Å². The van der Waals surface area contributed by atoms with Crippen molar-refractivity contribution in [1.82, 2.24) is 0 Å². The fourth-order valence-electron chi connectivity index (χ4n) is 1.87. The number of hydrogen-bond donors (Lipinski definition) is 1. The molecule has 7 heteroatoms. The second kappa shape index (κ2) is 7.08. The molecule has 0 aliphatic carbocycles. The summed E-state index contributed by atoms with van der Waals surface area (Å²) in [6.07, 6.45) is -2.84. The first-order chi connectivity index (χ1) is 11.3. The molecule has 1 N–H and O–H groups in total. The van der Waals surface area contributed by atoms with Crippen LogP contribution >= 0.6 is 0 Å². The number of halogens is 4. The number of nitrogens with one attached hydrogen (secondary N) is 1. The number of rotatable bonds is 4. The molecular formula is C17H11F4NO2. The van der Waals surface area contributed by atoms with Crippen LogP contribution in [0, 0.1) is 5.82 Å². The van der Waals surface area contributed by atoms with Gasteiger partial charge in [0.2, 0.25) is 0 Å². The maximum absolute atomic E-state index is 13.5. The molecule has 0 spiro atoms. The van der Waals surface area contributed by atoms with Crippen molar-refractivity contribution in [2.45, 2.75) is 6.18 Å². The van der Waals surface area contributed by atoms with Gasteiger partial charge < -0.3 is 5.32 Å². The highest BCUT2D eigenvalue weighted by Gasteiger charge is 2.39. The third kappa shape index (κ3) is 4.28. The molecule has 0 aliphatic rings. The summed E-state index contributed by atoms with van der Waals surface area (Å²) in [5, 5.41) is 1.65. The van der Waals surface area contributed by atoms with Crippen LogP contribution in [-0.4, -0.2) is 17.9 Å². The van der Waals surface area contributed by atoms with Crippen molar-refractivity contribution >= 4 is 23.5 Å². The number of hydrogen-bond acceptors (Lipinski definition) is 2. The lowest BCUT2D eigenvalue weighted by molar-refractivity contribution is -0.167. The third-order valence-corrected chi connectivity index (χ3v) is 3.02. The fourth-order valence-corrected chi connectivity index (χ4v) is 1.87. The molecule has 0 aromatic heterocycles. The van der Waals surface area contributed by atoms with E-state index < -0.39 is 23.7 Å². The molecule has 0 saturated carbocycles. The van der Waals surface area contributed by atoms with Gasteiger partial charge in [-0.3, -0.25) is 9.59 Å². The molecule has 24 heavy (non-hydrogen) atoms.